The van der Waals surface area contributed by atoms with E-state index < -0.39 is 12.0 Å². The van der Waals surface area contributed by atoms with Crippen molar-refractivity contribution in [2.75, 3.05) is 19.6 Å². The van der Waals surface area contributed by atoms with Crippen LogP contribution < -0.4 is 21.3 Å². The molecule has 0 fully saturated rings. The molecule has 0 saturated heterocycles. The zero-order chi connectivity index (χ0) is 18.3. The highest BCUT2D eigenvalue weighted by molar-refractivity contribution is 6.32. The molecule has 0 bridgehead atoms. The van der Waals surface area contributed by atoms with Crippen LogP contribution in [0.25, 0.3) is 0 Å². The Morgan fingerprint density at radius 3 is 2.58 bits per heavy atom. The summed E-state index contributed by atoms with van der Waals surface area (Å²) in [6.07, 6.45) is -0.803. The second-order valence-electron chi connectivity index (χ2n) is 4.45. The number of nitrogens with one attached hydrogen (secondary N) is 2. The lowest BCUT2D eigenvalue weighted by atomic mass is 10.0. The van der Waals surface area contributed by atoms with Crippen molar-refractivity contribution in [3.8, 4) is 5.75 Å². The summed E-state index contributed by atoms with van der Waals surface area (Å²) in [6, 6.07) is 1.51. The fraction of sp³-hybridized carbons (Fsp3) is 0.357. The van der Waals surface area contributed by atoms with Crippen molar-refractivity contribution in [3.63, 3.8) is 0 Å². The minimum absolute atomic E-state index is 0.0348. The molecule has 0 aliphatic heterocycles. The van der Waals surface area contributed by atoms with Gasteiger partial charge in [0.25, 0.3) is 5.91 Å². The molecule has 10 heteroatoms. The van der Waals surface area contributed by atoms with E-state index in [1.165, 1.54) is 13.2 Å². The van der Waals surface area contributed by atoms with Crippen molar-refractivity contribution in [3.05, 3.63) is 22.2 Å². The van der Waals surface area contributed by atoms with Gasteiger partial charge in [0, 0.05) is 11.1 Å². The number of methoxy groups -OCH3 is 1. The molecule has 0 heterocycles. The van der Waals surface area contributed by atoms with Crippen LogP contribution in [0.3, 0.4) is 0 Å². The highest BCUT2D eigenvalue weighted by Gasteiger charge is 2.22. The molecular weight excluding hydrogens is 359 g/mol. The topological polar surface area (TPSA) is 115 Å². The standard InChI is InChI=1S/C14H18Cl2N4O4/c1-4-24-14(22)20-19-13(21)11-7(2)8(16)5-9(23-3)12(11)18-10(17)6-15/h5H,4,6H2,1-3H3,(H2,17,18)(H,19,21)(H,20,22). The first kappa shape index (κ1) is 19.9. The molecule has 0 aromatic heterocycles. The lowest BCUT2D eigenvalue weighted by Crippen LogP contribution is -2.42. The minimum atomic E-state index is -0.803. The Kier molecular flexibility index (Phi) is 7.60. The highest BCUT2D eigenvalue weighted by Crippen LogP contribution is 2.38. The summed E-state index contributed by atoms with van der Waals surface area (Å²) in [6.45, 7) is 3.42. The minimum Gasteiger partial charge on any atom is -0.494 e. The van der Waals surface area contributed by atoms with Gasteiger partial charge in [-0.05, 0) is 19.4 Å². The summed E-state index contributed by atoms with van der Waals surface area (Å²) in [5.41, 5.74) is 10.7. The summed E-state index contributed by atoms with van der Waals surface area (Å²) in [5, 5.41) is 0.288. The largest absolute Gasteiger partial charge is 0.494 e. The van der Waals surface area contributed by atoms with Gasteiger partial charge in [-0.25, -0.2) is 15.2 Å². The maximum Gasteiger partial charge on any atom is 0.426 e. The molecule has 8 nitrogen and oxygen atoms in total. The van der Waals surface area contributed by atoms with Crippen molar-refractivity contribution in [2.24, 2.45) is 10.7 Å². The lowest BCUT2D eigenvalue weighted by Gasteiger charge is -2.15. The van der Waals surface area contributed by atoms with Crippen molar-refractivity contribution in [1.82, 2.24) is 10.9 Å². The van der Waals surface area contributed by atoms with E-state index in [9.17, 15) is 9.59 Å². The molecule has 4 N–H and O–H groups in total. The zero-order valence-electron chi connectivity index (χ0n) is 13.4. The van der Waals surface area contributed by atoms with Crippen LogP contribution in [-0.2, 0) is 4.74 Å². The number of aliphatic imine (C=N–C) groups is 1. The summed E-state index contributed by atoms with van der Waals surface area (Å²) in [5.74, 6) is -0.376. The van der Waals surface area contributed by atoms with E-state index in [0.717, 1.165) is 0 Å². The molecule has 0 atom stereocenters. The van der Waals surface area contributed by atoms with Crippen LogP contribution in [0.1, 0.15) is 22.8 Å². The van der Waals surface area contributed by atoms with Crippen LogP contribution in [0.4, 0.5) is 10.5 Å². The second kappa shape index (κ2) is 9.19. The first-order valence-electron chi connectivity index (χ1n) is 6.84. The maximum absolute atomic E-state index is 12.4. The molecule has 0 unspecified atom stereocenters. The van der Waals surface area contributed by atoms with E-state index in [-0.39, 0.29) is 40.3 Å². The number of halogens is 2. The van der Waals surface area contributed by atoms with Gasteiger partial charge >= 0.3 is 6.09 Å². The monoisotopic (exact) mass is 376 g/mol. The molecule has 0 aliphatic rings. The molecule has 0 saturated carbocycles. The molecule has 24 heavy (non-hydrogen) atoms. The van der Waals surface area contributed by atoms with E-state index >= 15 is 0 Å². The van der Waals surface area contributed by atoms with Crippen molar-refractivity contribution >= 4 is 46.7 Å². The molecular formula is C14H18Cl2N4O4. The number of rotatable bonds is 5. The first-order chi connectivity index (χ1) is 11.3. The number of benzene rings is 1. The molecule has 1 aromatic carbocycles. The SMILES string of the molecule is CCOC(=O)NNC(=O)c1c(C)c(Cl)cc(OC)c1N=C(N)CCl. The van der Waals surface area contributed by atoms with Crippen LogP contribution in [0.5, 0.6) is 5.75 Å². The number of nitrogens with zero attached hydrogens (tertiary/aromatic N) is 1. The van der Waals surface area contributed by atoms with E-state index in [1.807, 2.05) is 0 Å². The maximum atomic E-state index is 12.4. The molecule has 0 radical (unpaired) electrons. The number of carbonyl (C=O) groups excluding carboxylic acids is 2. The zero-order valence-corrected chi connectivity index (χ0v) is 14.9. The van der Waals surface area contributed by atoms with Crippen LogP contribution in [0.2, 0.25) is 5.02 Å². The van der Waals surface area contributed by atoms with E-state index in [4.69, 9.17) is 33.7 Å². The average Bonchev–Trinajstić information content (AvgIpc) is 2.56. The molecule has 1 aromatic rings. The van der Waals surface area contributed by atoms with Crippen LogP contribution in [0.15, 0.2) is 11.1 Å². The third-order valence-corrected chi connectivity index (χ3v) is 3.52. The number of ether oxygens (including phenoxy) is 2. The van der Waals surface area contributed by atoms with E-state index in [1.54, 1.807) is 13.8 Å². The fourth-order valence-corrected chi connectivity index (χ4v) is 2.02. The third-order valence-electron chi connectivity index (χ3n) is 2.85. The van der Waals surface area contributed by atoms with Crippen molar-refractivity contribution in [2.45, 2.75) is 13.8 Å². The number of hydrazine groups is 1. The quantitative estimate of drug-likeness (QED) is 0.315. The Bertz CT molecular complexity index is 665. The van der Waals surface area contributed by atoms with Gasteiger partial charge in [0.1, 0.15) is 17.3 Å². The number of nitrogens with two attached hydrogens (primary N) is 1. The summed E-state index contributed by atoms with van der Waals surface area (Å²) >= 11 is 11.8. The molecule has 1 rings (SSSR count). The smallest absolute Gasteiger partial charge is 0.426 e. The Labute approximate surface area is 149 Å². The van der Waals surface area contributed by atoms with Crippen LogP contribution in [0, 0.1) is 6.92 Å². The Hall–Kier alpha value is -2.19. The number of alkyl halides is 1. The molecule has 2 amide bonds. The predicted molar refractivity (Wildman–Crippen MR) is 92.4 cm³/mol. The van der Waals surface area contributed by atoms with Gasteiger partial charge in [-0.2, -0.15) is 0 Å². The number of amides is 2. The van der Waals surface area contributed by atoms with Gasteiger partial charge in [-0.15, -0.1) is 11.6 Å². The third kappa shape index (κ3) is 4.90. The van der Waals surface area contributed by atoms with Crippen molar-refractivity contribution in [1.29, 1.82) is 0 Å². The van der Waals surface area contributed by atoms with Gasteiger partial charge in [0.15, 0.2) is 0 Å². The normalized spacial score (nSPS) is 11.0. The van der Waals surface area contributed by atoms with Crippen molar-refractivity contribution < 1.29 is 19.1 Å². The predicted octanol–water partition coefficient (Wildman–Crippen LogP) is 2.28. The van der Waals surface area contributed by atoms with E-state index in [2.05, 4.69) is 20.6 Å². The average molecular weight is 377 g/mol. The van der Waals surface area contributed by atoms with Gasteiger partial charge in [0.2, 0.25) is 0 Å². The summed E-state index contributed by atoms with van der Waals surface area (Å²) < 4.78 is 9.86. The van der Waals surface area contributed by atoms with Crippen LogP contribution in [-0.4, -0.2) is 37.4 Å². The number of carbonyl (C=O) groups is 2. The molecule has 0 aliphatic carbocycles. The molecule has 132 valence electrons. The fourth-order valence-electron chi connectivity index (χ4n) is 1.77. The lowest BCUT2D eigenvalue weighted by molar-refractivity contribution is 0.0912. The number of hydrogen-bond donors (Lipinski definition) is 3. The summed E-state index contributed by atoms with van der Waals surface area (Å²) in [4.78, 5) is 27.9. The highest BCUT2D eigenvalue weighted by atomic mass is 35.5. The van der Waals surface area contributed by atoms with Gasteiger partial charge in [0.05, 0.1) is 25.2 Å². The first-order valence-corrected chi connectivity index (χ1v) is 7.76. The second-order valence-corrected chi connectivity index (χ2v) is 5.12. The van der Waals surface area contributed by atoms with E-state index in [0.29, 0.717) is 5.56 Å². The number of hydrogen-bond acceptors (Lipinski definition) is 5. The molecule has 0 spiro atoms. The Balaban J connectivity index is 3.30. The Morgan fingerprint density at radius 2 is 2.04 bits per heavy atom. The van der Waals surface area contributed by atoms with Gasteiger partial charge in [-0.3, -0.25) is 10.2 Å². The Morgan fingerprint density at radius 1 is 1.38 bits per heavy atom. The van der Waals surface area contributed by atoms with Gasteiger partial charge in [-0.1, -0.05) is 11.6 Å². The summed E-state index contributed by atoms with van der Waals surface area (Å²) in [7, 11) is 1.40. The number of amidine groups is 1. The van der Waals surface area contributed by atoms with Crippen LogP contribution >= 0.6 is 23.2 Å². The van der Waals surface area contributed by atoms with Gasteiger partial charge < -0.3 is 15.2 Å².